The Kier molecular flexibility index (Phi) is 5.28. The van der Waals surface area contributed by atoms with Crippen LogP contribution in [0.2, 0.25) is 0 Å². The van der Waals surface area contributed by atoms with E-state index in [0.717, 1.165) is 5.56 Å². The molecule has 0 radical (unpaired) electrons. The molecule has 0 saturated carbocycles. The van der Waals surface area contributed by atoms with E-state index in [-0.39, 0.29) is 17.7 Å². The maximum Gasteiger partial charge on any atom is 0.308 e. The molecule has 1 unspecified atom stereocenters. The number of nitrogens with zero attached hydrogens (tertiary/aromatic N) is 1. The summed E-state index contributed by atoms with van der Waals surface area (Å²) in [6, 6.07) is 6.27. The fourth-order valence-electron chi connectivity index (χ4n) is 1.88. The van der Waals surface area contributed by atoms with Gasteiger partial charge in [-0.1, -0.05) is 26.0 Å². The van der Waals surface area contributed by atoms with Crippen LogP contribution in [-0.2, 0) is 11.3 Å². The molecule has 0 amide bonds. The van der Waals surface area contributed by atoms with Crippen molar-refractivity contribution in [2.24, 2.45) is 11.8 Å². The molecular weight excluding hydrogens is 233 g/mol. The number of hydrogen-bond acceptors (Lipinski definition) is 2. The van der Waals surface area contributed by atoms with Crippen LogP contribution >= 0.6 is 0 Å². The number of rotatable bonds is 6. The zero-order chi connectivity index (χ0) is 13.7. The molecule has 18 heavy (non-hydrogen) atoms. The summed E-state index contributed by atoms with van der Waals surface area (Å²) < 4.78 is 12.8. The van der Waals surface area contributed by atoms with Crippen molar-refractivity contribution in [1.29, 1.82) is 0 Å². The summed E-state index contributed by atoms with van der Waals surface area (Å²) in [6.45, 7) is 4.93. The van der Waals surface area contributed by atoms with Crippen molar-refractivity contribution in [3.05, 3.63) is 35.6 Å². The summed E-state index contributed by atoms with van der Waals surface area (Å²) in [6.07, 6.45) is 0. The van der Waals surface area contributed by atoms with Gasteiger partial charge in [0.1, 0.15) is 5.82 Å². The third kappa shape index (κ3) is 4.45. The Labute approximate surface area is 107 Å². The normalized spacial score (nSPS) is 13.0. The Bertz CT molecular complexity index is 389. The summed E-state index contributed by atoms with van der Waals surface area (Å²) >= 11 is 0. The van der Waals surface area contributed by atoms with E-state index in [4.69, 9.17) is 5.11 Å². The topological polar surface area (TPSA) is 40.5 Å². The Morgan fingerprint density at radius 3 is 2.33 bits per heavy atom. The lowest BCUT2D eigenvalue weighted by atomic mass is 9.95. The maximum atomic E-state index is 12.8. The smallest absolute Gasteiger partial charge is 0.308 e. The first kappa shape index (κ1) is 14.6. The van der Waals surface area contributed by atoms with Gasteiger partial charge >= 0.3 is 5.97 Å². The largest absolute Gasteiger partial charge is 0.481 e. The van der Waals surface area contributed by atoms with Gasteiger partial charge in [-0.15, -0.1) is 0 Å². The number of carbonyl (C=O) groups is 1. The van der Waals surface area contributed by atoms with Crippen LogP contribution in [0, 0.1) is 17.7 Å². The molecule has 0 fully saturated rings. The van der Waals surface area contributed by atoms with E-state index < -0.39 is 5.97 Å². The van der Waals surface area contributed by atoms with Crippen molar-refractivity contribution < 1.29 is 14.3 Å². The first-order valence-electron chi connectivity index (χ1n) is 6.06. The molecule has 4 heteroatoms. The van der Waals surface area contributed by atoms with Gasteiger partial charge in [0.05, 0.1) is 5.92 Å². The molecule has 0 bridgehead atoms. The molecule has 1 aromatic carbocycles. The van der Waals surface area contributed by atoms with Gasteiger partial charge in [-0.2, -0.15) is 0 Å². The molecule has 1 rings (SSSR count). The second kappa shape index (κ2) is 6.50. The van der Waals surface area contributed by atoms with Gasteiger partial charge in [0.25, 0.3) is 0 Å². The average molecular weight is 253 g/mol. The summed E-state index contributed by atoms with van der Waals surface area (Å²) in [4.78, 5) is 13.0. The van der Waals surface area contributed by atoms with Gasteiger partial charge in [0.15, 0.2) is 0 Å². The van der Waals surface area contributed by atoms with Crippen LogP contribution in [0.1, 0.15) is 19.4 Å². The van der Waals surface area contributed by atoms with Gasteiger partial charge < -0.3 is 10.0 Å². The highest BCUT2D eigenvalue weighted by Gasteiger charge is 2.22. The number of halogens is 1. The molecule has 0 aliphatic carbocycles. The molecule has 1 aromatic rings. The van der Waals surface area contributed by atoms with E-state index in [9.17, 15) is 9.18 Å². The van der Waals surface area contributed by atoms with Gasteiger partial charge in [-0.3, -0.25) is 4.79 Å². The number of hydrogen-bond donors (Lipinski definition) is 1. The Morgan fingerprint density at radius 1 is 1.33 bits per heavy atom. The van der Waals surface area contributed by atoms with Crippen molar-refractivity contribution in [2.45, 2.75) is 20.4 Å². The highest BCUT2D eigenvalue weighted by molar-refractivity contribution is 5.70. The number of carboxylic acids is 1. The van der Waals surface area contributed by atoms with E-state index in [1.165, 1.54) is 12.1 Å². The molecule has 100 valence electrons. The van der Waals surface area contributed by atoms with Crippen molar-refractivity contribution in [3.63, 3.8) is 0 Å². The predicted octanol–water partition coefficient (Wildman–Crippen LogP) is 2.61. The average Bonchev–Trinajstić information content (AvgIpc) is 2.28. The second-order valence-corrected chi connectivity index (χ2v) is 5.01. The minimum Gasteiger partial charge on any atom is -0.481 e. The summed E-state index contributed by atoms with van der Waals surface area (Å²) in [5.74, 6) is -1.31. The van der Waals surface area contributed by atoms with E-state index in [1.54, 1.807) is 12.1 Å². The molecule has 0 saturated heterocycles. The Balaban J connectivity index is 2.57. The second-order valence-electron chi connectivity index (χ2n) is 5.01. The quantitative estimate of drug-likeness (QED) is 0.847. The molecule has 1 N–H and O–H groups in total. The Hall–Kier alpha value is -1.42. The van der Waals surface area contributed by atoms with Crippen molar-refractivity contribution in [2.75, 3.05) is 13.6 Å². The molecule has 3 nitrogen and oxygen atoms in total. The molecule has 0 spiro atoms. The van der Waals surface area contributed by atoms with Crippen LogP contribution in [0.15, 0.2) is 24.3 Å². The van der Waals surface area contributed by atoms with Crippen LogP contribution < -0.4 is 0 Å². The van der Waals surface area contributed by atoms with Crippen LogP contribution in [0.5, 0.6) is 0 Å². The third-order valence-electron chi connectivity index (χ3n) is 3.00. The lowest BCUT2D eigenvalue weighted by Crippen LogP contribution is -2.33. The number of benzene rings is 1. The van der Waals surface area contributed by atoms with E-state index in [2.05, 4.69) is 0 Å². The fourth-order valence-corrected chi connectivity index (χ4v) is 1.88. The molecular formula is C14H20FNO2. The van der Waals surface area contributed by atoms with Crippen molar-refractivity contribution >= 4 is 5.97 Å². The van der Waals surface area contributed by atoms with E-state index in [0.29, 0.717) is 13.1 Å². The van der Waals surface area contributed by atoms with Crippen LogP contribution in [0.25, 0.3) is 0 Å². The third-order valence-corrected chi connectivity index (χ3v) is 3.00. The number of aliphatic carboxylic acids is 1. The van der Waals surface area contributed by atoms with Crippen molar-refractivity contribution in [3.8, 4) is 0 Å². The molecule has 0 aliphatic heterocycles. The van der Waals surface area contributed by atoms with Gasteiger partial charge in [0, 0.05) is 13.1 Å². The van der Waals surface area contributed by atoms with Crippen LogP contribution in [0.4, 0.5) is 4.39 Å². The highest BCUT2D eigenvalue weighted by atomic mass is 19.1. The maximum absolute atomic E-state index is 12.8. The monoisotopic (exact) mass is 253 g/mol. The Morgan fingerprint density at radius 2 is 1.89 bits per heavy atom. The fraction of sp³-hybridized carbons (Fsp3) is 0.500. The minimum absolute atomic E-state index is 0.0955. The number of carboxylic acid groups (broad SMARTS) is 1. The molecule has 0 aliphatic rings. The zero-order valence-electron chi connectivity index (χ0n) is 11.1. The molecule has 0 heterocycles. The SMILES string of the molecule is CC(C)C(CN(C)Cc1ccc(F)cc1)C(=O)O. The summed E-state index contributed by atoms with van der Waals surface area (Å²) in [5, 5.41) is 9.12. The van der Waals surface area contributed by atoms with Gasteiger partial charge in [-0.25, -0.2) is 4.39 Å². The standard InChI is InChI=1S/C14H20FNO2/c1-10(2)13(14(17)18)9-16(3)8-11-4-6-12(15)7-5-11/h4-7,10,13H,8-9H2,1-3H3,(H,17,18). The minimum atomic E-state index is -0.768. The summed E-state index contributed by atoms with van der Waals surface area (Å²) in [7, 11) is 1.88. The van der Waals surface area contributed by atoms with Gasteiger partial charge in [0.2, 0.25) is 0 Å². The predicted molar refractivity (Wildman–Crippen MR) is 68.7 cm³/mol. The molecule has 1 atom stereocenters. The lowest BCUT2D eigenvalue weighted by Gasteiger charge is -2.23. The van der Waals surface area contributed by atoms with E-state index in [1.807, 2.05) is 25.8 Å². The van der Waals surface area contributed by atoms with Crippen LogP contribution in [-0.4, -0.2) is 29.6 Å². The van der Waals surface area contributed by atoms with Crippen molar-refractivity contribution in [1.82, 2.24) is 4.90 Å². The zero-order valence-corrected chi connectivity index (χ0v) is 11.1. The van der Waals surface area contributed by atoms with E-state index >= 15 is 0 Å². The highest BCUT2D eigenvalue weighted by Crippen LogP contribution is 2.14. The molecule has 0 aromatic heterocycles. The first-order chi connectivity index (χ1) is 8.40. The lowest BCUT2D eigenvalue weighted by molar-refractivity contribution is -0.144. The first-order valence-corrected chi connectivity index (χ1v) is 6.06. The van der Waals surface area contributed by atoms with Gasteiger partial charge in [-0.05, 0) is 30.7 Å². The van der Waals surface area contributed by atoms with Crippen LogP contribution in [0.3, 0.4) is 0 Å². The summed E-state index contributed by atoms with van der Waals surface area (Å²) in [5.41, 5.74) is 0.979.